The lowest BCUT2D eigenvalue weighted by atomic mass is 10.1. The third-order valence-corrected chi connectivity index (χ3v) is 4.81. The SMILES string of the molecule is CCCCN1C(=O)[C@H](C=NCCCN2CCCCC2)C(=O)NC1=S. The Morgan fingerprint density at radius 3 is 2.67 bits per heavy atom. The molecule has 7 heteroatoms. The monoisotopic (exact) mass is 352 g/mol. The van der Waals surface area contributed by atoms with Crippen LogP contribution in [0.15, 0.2) is 4.99 Å². The first-order valence-electron chi connectivity index (χ1n) is 9.02. The molecule has 24 heavy (non-hydrogen) atoms. The topological polar surface area (TPSA) is 65.0 Å². The molecule has 1 N–H and O–H groups in total. The van der Waals surface area contributed by atoms with Crippen LogP contribution < -0.4 is 5.32 Å². The van der Waals surface area contributed by atoms with Crippen molar-refractivity contribution in [2.45, 2.75) is 45.4 Å². The van der Waals surface area contributed by atoms with E-state index in [0.717, 1.165) is 25.8 Å². The van der Waals surface area contributed by atoms with Gasteiger partial charge in [-0.2, -0.15) is 0 Å². The zero-order valence-electron chi connectivity index (χ0n) is 14.5. The summed E-state index contributed by atoms with van der Waals surface area (Å²) in [6.07, 6.45) is 8.19. The second-order valence-electron chi connectivity index (χ2n) is 6.43. The minimum Gasteiger partial charge on any atom is -0.303 e. The molecule has 6 nitrogen and oxygen atoms in total. The fraction of sp³-hybridized carbons (Fsp3) is 0.765. The van der Waals surface area contributed by atoms with Crippen LogP contribution in [-0.2, 0) is 9.59 Å². The highest BCUT2D eigenvalue weighted by Crippen LogP contribution is 2.11. The van der Waals surface area contributed by atoms with Gasteiger partial charge in [0.25, 0.3) is 0 Å². The molecule has 0 aliphatic carbocycles. The maximum absolute atomic E-state index is 12.4. The molecule has 2 aliphatic rings. The Morgan fingerprint density at radius 2 is 1.96 bits per heavy atom. The number of nitrogens with zero attached hydrogens (tertiary/aromatic N) is 3. The molecule has 2 saturated heterocycles. The van der Waals surface area contributed by atoms with Crippen LogP contribution in [0.25, 0.3) is 0 Å². The van der Waals surface area contributed by atoms with E-state index in [-0.39, 0.29) is 16.9 Å². The summed E-state index contributed by atoms with van der Waals surface area (Å²) in [5, 5.41) is 2.83. The molecular formula is C17H28N4O2S. The van der Waals surface area contributed by atoms with Gasteiger partial charge in [-0.15, -0.1) is 0 Å². The number of aliphatic imine (C=N–C) groups is 1. The first kappa shape index (κ1) is 19.0. The van der Waals surface area contributed by atoms with Crippen LogP contribution in [0.1, 0.15) is 45.4 Å². The van der Waals surface area contributed by atoms with Crippen LogP contribution in [0.2, 0.25) is 0 Å². The van der Waals surface area contributed by atoms with Gasteiger partial charge in [0.2, 0.25) is 11.8 Å². The summed E-state index contributed by atoms with van der Waals surface area (Å²) in [6.45, 7) is 6.64. The van der Waals surface area contributed by atoms with Crippen LogP contribution >= 0.6 is 12.2 Å². The fourth-order valence-corrected chi connectivity index (χ4v) is 3.32. The predicted octanol–water partition coefficient (Wildman–Crippen LogP) is 1.59. The Hall–Kier alpha value is -1.34. The minimum atomic E-state index is -0.844. The normalized spacial score (nSPS) is 23.1. The Bertz CT molecular complexity index is 489. The lowest BCUT2D eigenvalue weighted by Gasteiger charge is -2.30. The highest BCUT2D eigenvalue weighted by Gasteiger charge is 2.36. The minimum absolute atomic E-state index is 0.216. The molecule has 0 saturated carbocycles. The lowest BCUT2D eigenvalue weighted by molar-refractivity contribution is -0.137. The maximum Gasteiger partial charge on any atom is 0.246 e. The number of nitrogens with one attached hydrogen (secondary N) is 1. The number of rotatable bonds is 8. The number of unbranched alkanes of at least 4 members (excludes halogenated alkanes) is 1. The molecule has 0 bridgehead atoms. The van der Waals surface area contributed by atoms with Crippen LogP contribution in [0.4, 0.5) is 0 Å². The van der Waals surface area contributed by atoms with E-state index in [1.54, 1.807) is 0 Å². The average Bonchev–Trinajstić information content (AvgIpc) is 2.58. The standard InChI is InChI=1S/C17H28N4O2S/c1-2-3-12-21-16(23)14(15(22)19-17(21)24)13-18-8-7-11-20-9-5-4-6-10-20/h13-14H,2-12H2,1H3,(H,19,22,24)/t14-/m1/s1. The van der Waals surface area contributed by atoms with Crippen molar-refractivity contribution in [3.05, 3.63) is 0 Å². The van der Waals surface area contributed by atoms with Crippen LogP contribution in [0, 0.1) is 5.92 Å². The molecule has 2 rings (SSSR count). The molecule has 2 amide bonds. The van der Waals surface area contributed by atoms with Crippen molar-refractivity contribution >= 4 is 35.4 Å². The molecule has 0 radical (unpaired) electrons. The highest BCUT2D eigenvalue weighted by atomic mass is 32.1. The zero-order chi connectivity index (χ0) is 17.4. The quantitative estimate of drug-likeness (QED) is 0.312. The molecule has 0 aromatic heterocycles. The number of hydrogen-bond donors (Lipinski definition) is 1. The van der Waals surface area contributed by atoms with E-state index in [2.05, 4.69) is 22.1 Å². The molecule has 2 fully saturated rings. The Labute approximate surface area is 149 Å². The summed E-state index contributed by atoms with van der Waals surface area (Å²) >= 11 is 5.10. The zero-order valence-corrected chi connectivity index (χ0v) is 15.3. The van der Waals surface area contributed by atoms with E-state index < -0.39 is 5.92 Å². The second kappa shape index (κ2) is 9.84. The smallest absolute Gasteiger partial charge is 0.246 e. The number of carbonyl (C=O) groups excluding carboxylic acids is 2. The predicted molar refractivity (Wildman–Crippen MR) is 99.1 cm³/mol. The molecule has 1 atom stereocenters. The third-order valence-electron chi connectivity index (χ3n) is 4.49. The Morgan fingerprint density at radius 1 is 1.21 bits per heavy atom. The van der Waals surface area contributed by atoms with E-state index in [0.29, 0.717) is 13.1 Å². The van der Waals surface area contributed by atoms with Gasteiger partial charge in [-0.05, 0) is 57.5 Å². The molecule has 0 spiro atoms. The summed E-state index contributed by atoms with van der Waals surface area (Å²) in [5.41, 5.74) is 0. The number of piperidine rings is 1. The van der Waals surface area contributed by atoms with Gasteiger partial charge in [0.05, 0.1) is 0 Å². The maximum atomic E-state index is 12.4. The van der Waals surface area contributed by atoms with Gasteiger partial charge in [0.1, 0.15) is 0 Å². The van der Waals surface area contributed by atoms with Gasteiger partial charge < -0.3 is 10.2 Å². The molecule has 0 unspecified atom stereocenters. The molecule has 2 aliphatic heterocycles. The van der Waals surface area contributed by atoms with Crippen molar-refractivity contribution < 1.29 is 9.59 Å². The van der Waals surface area contributed by atoms with E-state index in [1.807, 2.05) is 0 Å². The summed E-state index contributed by atoms with van der Waals surface area (Å²) in [7, 11) is 0. The fourth-order valence-electron chi connectivity index (χ4n) is 3.04. The number of thiocarbonyl (C=S) groups is 1. The Balaban J connectivity index is 1.79. The van der Waals surface area contributed by atoms with Gasteiger partial charge in [-0.1, -0.05) is 19.8 Å². The van der Waals surface area contributed by atoms with Crippen LogP contribution in [-0.4, -0.2) is 65.7 Å². The summed E-state index contributed by atoms with van der Waals surface area (Å²) in [5.74, 6) is -1.46. The van der Waals surface area contributed by atoms with Crippen molar-refractivity contribution in [1.82, 2.24) is 15.1 Å². The van der Waals surface area contributed by atoms with Crippen LogP contribution in [0.5, 0.6) is 0 Å². The molecule has 2 heterocycles. The lowest BCUT2D eigenvalue weighted by Crippen LogP contribution is -2.58. The van der Waals surface area contributed by atoms with E-state index >= 15 is 0 Å². The number of hydrogen-bond acceptors (Lipinski definition) is 5. The molecular weight excluding hydrogens is 324 g/mol. The molecule has 0 aromatic rings. The van der Waals surface area contributed by atoms with Crippen molar-refractivity contribution in [2.75, 3.05) is 32.7 Å². The van der Waals surface area contributed by atoms with Crippen molar-refractivity contribution in [3.8, 4) is 0 Å². The number of carbonyl (C=O) groups is 2. The summed E-state index contributed by atoms with van der Waals surface area (Å²) in [6, 6.07) is 0. The van der Waals surface area contributed by atoms with Gasteiger partial charge in [-0.25, -0.2) is 0 Å². The summed E-state index contributed by atoms with van der Waals surface area (Å²) < 4.78 is 0. The first-order chi connectivity index (χ1) is 11.6. The number of likely N-dealkylation sites (tertiary alicyclic amines) is 1. The van der Waals surface area contributed by atoms with Gasteiger partial charge in [0, 0.05) is 19.3 Å². The molecule has 134 valence electrons. The second-order valence-corrected chi connectivity index (χ2v) is 6.81. The van der Waals surface area contributed by atoms with E-state index in [1.165, 1.54) is 43.5 Å². The van der Waals surface area contributed by atoms with Gasteiger partial charge >= 0.3 is 0 Å². The van der Waals surface area contributed by atoms with Crippen molar-refractivity contribution in [3.63, 3.8) is 0 Å². The van der Waals surface area contributed by atoms with Crippen molar-refractivity contribution in [2.24, 2.45) is 10.9 Å². The first-order valence-corrected chi connectivity index (χ1v) is 9.42. The number of amides is 2. The van der Waals surface area contributed by atoms with Crippen molar-refractivity contribution in [1.29, 1.82) is 0 Å². The van der Waals surface area contributed by atoms with E-state index in [9.17, 15) is 9.59 Å². The van der Waals surface area contributed by atoms with Crippen LogP contribution in [0.3, 0.4) is 0 Å². The average molecular weight is 353 g/mol. The van der Waals surface area contributed by atoms with Gasteiger partial charge in [-0.3, -0.25) is 19.5 Å². The highest BCUT2D eigenvalue weighted by molar-refractivity contribution is 7.80. The van der Waals surface area contributed by atoms with E-state index in [4.69, 9.17) is 12.2 Å². The molecule has 0 aromatic carbocycles. The Kier molecular flexibility index (Phi) is 7.78. The van der Waals surface area contributed by atoms with Gasteiger partial charge in [0.15, 0.2) is 11.0 Å². The third kappa shape index (κ3) is 5.34. The largest absolute Gasteiger partial charge is 0.303 e. The summed E-state index contributed by atoms with van der Waals surface area (Å²) in [4.78, 5) is 32.7.